The van der Waals surface area contributed by atoms with Crippen molar-refractivity contribution in [2.45, 2.75) is 5.33 Å². The molecule has 0 atom stereocenters. The zero-order valence-electron chi connectivity index (χ0n) is 6.18. The molecule has 0 aliphatic heterocycles. The van der Waals surface area contributed by atoms with Crippen LogP contribution in [0.15, 0.2) is 22.7 Å². The summed E-state index contributed by atoms with van der Waals surface area (Å²) in [4.78, 5) is 10.9. The number of halogens is 2. The molecule has 0 aliphatic carbocycles. The van der Waals surface area contributed by atoms with Gasteiger partial charge in [-0.25, -0.2) is 0 Å². The van der Waals surface area contributed by atoms with Crippen molar-refractivity contribution in [3.63, 3.8) is 0 Å². The molecular formula is C8H7Br2NO. The smallest absolute Gasteiger partial charge is 0.249 e. The minimum Gasteiger partial charge on any atom is -0.366 e. The van der Waals surface area contributed by atoms with Gasteiger partial charge in [0.1, 0.15) is 0 Å². The monoisotopic (exact) mass is 291 g/mol. The van der Waals surface area contributed by atoms with E-state index in [9.17, 15) is 4.79 Å². The van der Waals surface area contributed by atoms with Crippen molar-refractivity contribution in [2.75, 3.05) is 0 Å². The van der Waals surface area contributed by atoms with Crippen molar-refractivity contribution in [1.29, 1.82) is 0 Å². The lowest BCUT2D eigenvalue weighted by molar-refractivity contribution is 0.0999. The Morgan fingerprint density at radius 2 is 2.17 bits per heavy atom. The fourth-order valence-electron chi connectivity index (χ4n) is 0.844. The third kappa shape index (κ3) is 2.08. The first kappa shape index (κ1) is 9.74. The van der Waals surface area contributed by atoms with Gasteiger partial charge in [0.15, 0.2) is 0 Å². The average molecular weight is 293 g/mol. The lowest BCUT2D eigenvalue weighted by atomic mass is 10.1. The van der Waals surface area contributed by atoms with Gasteiger partial charge in [0.05, 0.1) is 5.56 Å². The summed E-state index contributed by atoms with van der Waals surface area (Å²) in [7, 11) is 0. The molecule has 0 bridgehead atoms. The molecule has 1 aromatic carbocycles. The maximum absolute atomic E-state index is 10.9. The van der Waals surface area contributed by atoms with E-state index in [1.165, 1.54) is 0 Å². The van der Waals surface area contributed by atoms with Crippen LogP contribution in [-0.2, 0) is 5.33 Å². The molecule has 12 heavy (non-hydrogen) atoms. The summed E-state index contributed by atoms with van der Waals surface area (Å²) in [5.41, 5.74) is 6.71. The number of carbonyl (C=O) groups is 1. The largest absolute Gasteiger partial charge is 0.366 e. The summed E-state index contributed by atoms with van der Waals surface area (Å²) in [5, 5.41) is 0.723. The van der Waals surface area contributed by atoms with Gasteiger partial charge in [-0.2, -0.15) is 0 Å². The van der Waals surface area contributed by atoms with Crippen LogP contribution in [0, 0.1) is 0 Å². The van der Waals surface area contributed by atoms with E-state index < -0.39 is 5.91 Å². The highest BCUT2D eigenvalue weighted by atomic mass is 79.9. The second-order valence-corrected chi connectivity index (χ2v) is 3.73. The summed E-state index contributed by atoms with van der Waals surface area (Å²) in [6.07, 6.45) is 0. The zero-order chi connectivity index (χ0) is 9.14. The molecule has 0 fully saturated rings. The third-order valence-corrected chi connectivity index (χ3v) is 2.79. The summed E-state index contributed by atoms with van der Waals surface area (Å²) in [5.74, 6) is -0.412. The molecule has 1 aromatic rings. The lowest BCUT2D eigenvalue weighted by Crippen LogP contribution is -2.11. The number of carbonyl (C=O) groups excluding carboxylic acids is 1. The molecule has 0 unspecified atom stereocenters. The molecule has 4 heteroatoms. The highest BCUT2D eigenvalue weighted by Crippen LogP contribution is 2.18. The zero-order valence-corrected chi connectivity index (χ0v) is 9.35. The van der Waals surface area contributed by atoms with Gasteiger partial charge in [-0.15, -0.1) is 0 Å². The summed E-state index contributed by atoms with van der Waals surface area (Å²) < 4.78 is 0.736. The number of rotatable bonds is 2. The van der Waals surface area contributed by atoms with Crippen LogP contribution in [0.2, 0.25) is 0 Å². The predicted octanol–water partition coefficient (Wildman–Crippen LogP) is 2.44. The molecule has 0 spiro atoms. The highest BCUT2D eigenvalue weighted by molar-refractivity contribution is 9.10. The third-order valence-electron chi connectivity index (χ3n) is 1.45. The number of hydrogen-bond acceptors (Lipinski definition) is 1. The van der Waals surface area contributed by atoms with Crippen molar-refractivity contribution in [2.24, 2.45) is 5.73 Å². The lowest BCUT2D eigenvalue weighted by Gasteiger charge is -2.01. The quantitative estimate of drug-likeness (QED) is 0.836. The molecule has 0 heterocycles. The van der Waals surface area contributed by atoms with E-state index in [1.807, 2.05) is 12.1 Å². The van der Waals surface area contributed by atoms with Crippen LogP contribution in [0.1, 0.15) is 15.9 Å². The van der Waals surface area contributed by atoms with Crippen molar-refractivity contribution in [3.8, 4) is 0 Å². The molecule has 1 rings (SSSR count). The standard InChI is InChI=1S/C8H7Br2NO/c9-4-5-1-2-7(10)6(3-5)8(11)12/h1-3H,4H2,(H2,11,12). The van der Waals surface area contributed by atoms with Crippen LogP contribution in [-0.4, -0.2) is 5.91 Å². The van der Waals surface area contributed by atoms with Gasteiger partial charge in [0.25, 0.3) is 0 Å². The maximum atomic E-state index is 10.9. The Bertz CT molecular complexity index is 312. The number of amides is 1. The maximum Gasteiger partial charge on any atom is 0.249 e. The van der Waals surface area contributed by atoms with Crippen LogP contribution in [0.3, 0.4) is 0 Å². The number of benzene rings is 1. The molecule has 64 valence electrons. The molecule has 0 radical (unpaired) electrons. The van der Waals surface area contributed by atoms with Crippen LogP contribution in [0.4, 0.5) is 0 Å². The summed E-state index contributed by atoms with van der Waals surface area (Å²) in [6, 6.07) is 5.50. The molecule has 0 saturated carbocycles. The van der Waals surface area contributed by atoms with Crippen molar-refractivity contribution in [1.82, 2.24) is 0 Å². The second kappa shape index (κ2) is 4.05. The Morgan fingerprint density at radius 1 is 1.50 bits per heavy atom. The van der Waals surface area contributed by atoms with Gasteiger partial charge in [0, 0.05) is 9.80 Å². The van der Waals surface area contributed by atoms with E-state index in [2.05, 4.69) is 31.9 Å². The fourth-order valence-corrected chi connectivity index (χ4v) is 1.64. The first-order chi connectivity index (χ1) is 5.65. The van der Waals surface area contributed by atoms with E-state index in [0.717, 1.165) is 15.4 Å². The van der Waals surface area contributed by atoms with Gasteiger partial charge in [-0.1, -0.05) is 22.0 Å². The highest BCUT2D eigenvalue weighted by Gasteiger charge is 2.05. The Labute approximate surface area is 87.4 Å². The molecule has 0 aromatic heterocycles. The Hall–Kier alpha value is -0.350. The Kier molecular flexibility index (Phi) is 3.29. The van der Waals surface area contributed by atoms with E-state index in [0.29, 0.717) is 5.56 Å². The average Bonchev–Trinajstić information content (AvgIpc) is 2.05. The number of alkyl halides is 1. The van der Waals surface area contributed by atoms with Crippen molar-refractivity contribution < 1.29 is 4.79 Å². The Morgan fingerprint density at radius 3 is 2.67 bits per heavy atom. The SMILES string of the molecule is NC(=O)c1cc(CBr)ccc1Br. The van der Waals surface area contributed by atoms with E-state index in [-0.39, 0.29) is 0 Å². The predicted molar refractivity (Wildman–Crippen MR) is 55.3 cm³/mol. The number of hydrogen-bond donors (Lipinski definition) is 1. The van der Waals surface area contributed by atoms with Gasteiger partial charge < -0.3 is 5.73 Å². The van der Waals surface area contributed by atoms with Gasteiger partial charge in [-0.05, 0) is 33.6 Å². The van der Waals surface area contributed by atoms with Crippen LogP contribution < -0.4 is 5.73 Å². The molecular weight excluding hydrogens is 286 g/mol. The van der Waals surface area contributed by atoms with Crippen LogP contribution >= 0.6 is 31.9 Å². The first-order valence-corrected chi connectivity index (χ1v) is 5.21. The topological polar surface area (TPSA) is 43.1 Å². The normalized spacial score (nSPS) is 9.83. The Balaban J connectivity index is 3.17. The molecule has 2 nitrogen and oxygen atoms in total. The van der Waals surface area contributed by atoms with Crippen LogP contribution in [0.25, 0.3) is 0 Å². The molecule has 2 N–H and O–H groups in total. The van der Waals surface area contributed by atoms with E-state index in [4.69, 9.17) is 5.73 Å². The fraction of sp³-hybridized carbons (Fsp3) is 0.125. The van der Waals surface area contributed by atoms with Gasteiger partial charge >= 0.3 is 0 Å². The molecule has 0 aliphatic rings. The summed E-state index contributed by atoms with van der Waals surface area (Å²) in [6.45, 7) is 0. The number of nitrogens with two attached hydrogens (primary N) is 1. The minimum atomic E-state index is -0.412. The second-order valence-electron chi connectivity index (χ2n) is 2.31. The van der Waals surface area contributed by atoms with E-state index in [1.54, 1.807) is 6.07 Å². The first-order valence-electron chi connectivity index (χ1n) is 3.29. The van der Waals surface area contributed by atoms with E-state index >= 15 is 0 Å². The number of primary amides is 1. The summed E-state index contributed by atoms with van der Waals surface area (Å²) >= 11 is 6.54. The van der Waals surface area contributed by atoms with Crippen LogP contribution in [0.5, 0.6) is 0 Å². The molecule has 1 amide bonds. The van der Waals surface area contributed by atoms with Gasteiger partial charge in [-0.3, -0.25) is 4.79 Å². The minimum absolute atomic E-state index is 0.412. The van der Waals surface area contributed by atoms with Gasteiger partial charge in [0.2, 0.25) is 5.91 Å². The molecule has 0 saturated heterocycles. The van der Waals surface area contributed by atoms with Crippen molar-refractivity contribution >= 4 is 37.8 Å². The van der Waals surface area contributed by atoms with Crippen molar-refractivity contribution in [3.05, 3.63) is 33.8 Å².